The number of thioether (sulfide) groups is 1. The van der Waals surface area contributed by atoms with Crippen molar-refractivity contribution >= 4 is 28.4 Å². The summed E-state index contributed by atoms with van der Waals surface area (Å²) >= 11 is 5.94. The number of rotatable bonds is 0. The molecular weight excluding hydrogens is 104 g/mol. The first-order chi connectivity index (χ1) is 2.39. The van der Waals surface area contributed by atoms with Crippen LogP contribution in [0.1, 0.15) is 0 Å². The lowest BCUT2D eigenvalue weighted by atomic mass is 11.5. The average molecular weight is 105 g/mol. The summed E-state index contributed by atoms with van der Waals surface area (Å²) in [5.74, 6) is 1.60. The fourth-order valence-electron chi connectivity index (χ4n) is 0.0874. The smallest absolute Gasteiger partial charge is 0.225 e. The van der Waals surface area contributed by atoms with Gasteiger partial charge in [-0.05, 0) is 24.0 Å². The van der Waals surface area contributed by atoms with Crippen LogP contribution in [0, 0.1) is 5.94 Å². The van der Waals surface area contributed by atoms with Crippen molar-refractivity contribution in [3.05, 3.63) is 5.94 Å². The van der Waals surface area contributed by atoms with Gasteiger partial charge < -0.3 is 4.74 Å². The predicted molar refractivity (Wildman–Crippen MR) is 25.6 cm³/mol. The molecule has 1 heterocycles. The van der Waals surface area contributed by atoms with E-state index in [0.29, 0.717) is 4.38 Å². The Morgan fingerprint density at radius 3 is 2.40 bits per heavy atom. The zero-order valence-electron chi connectivity index (χ0n) is 2.30. The maximum absolute atomic E-state index is 4.50. The maximum Gasteiger partial charge on any atom is 0.225 e. The van der Waals surface area contributed by atoms with Gasteiger partial charge in [-0.2, -0.15) is 0 Å². The molecule has 1 nitrogen and oxygen atoms in total. The molecule has 1 rings (SSSR count). The van der Waals surface area contributed by atoms with E-state index in [4.69, 9.17) is 0 Å². The van der Waals surface area contributed by atoms with Gasteiger partial charge in [0.05, 0.1) is 0 Å². The summed E-state index contributed by atoms with van der Waals surface area (Å²) in [7, 11) is 0. The Morgan fingerprint density at radius 2 is 2.40 bits per heavy atom. The third kappa shape index (κ3) is 0.546. The second kappa shape index (κ2) is 1.14. The summed E-state index contributed by atoms with van der Waals surface area (Å²) in [4.78, 5) is 0. The van der Waals surface area contributed by atoms with Crippen molar-refractivity contribution in [1.29, 1.82) is 0 Å². The second-order valence-electron chi connectivity index (χ2n) is 0.582. The molecule has 1 fully saturated rings. The first-order valence-electron chi connectivity index (χ1n) is 1.08. The average Bonchev–Trinajstić information content (AvgIpc) is 1.30. The molecule has 0 aromatic carbocycles. The van der Waals surface area contributed by atoms with Crippen LogP contribution in [-0.4, -0.2) is 4.38 Å². The summed E-state index contributed by atoms with van der Waals surface area (Å²) in [6.45, 7) is 0. The molecule has 27 valence electrons. The van der Waals surface area contributed by atoms with Crippen molar-refractivity contribution in [2.45, 2.75) is 0 Å². The molecule has 5 heavy (non-hydrogen) atoms. The van der Waals surface area contributed by atoms with Gasteiger partial charge in [0.25, 0.3) is 0 Å². The van der Waals surface area contributed by atoms with Gasteiger partial charge >= 0.3 is 0 Å². The van der Waals surface area contributed by atoms with Crippen molar-refractivity contribution in [2.24, 2.45) is 0 Å². The van der Waals surface area contributed by atoms with Gasteiger partial charge in [-0.15, -0.1) is 0 Å². The van der Waals surface area contributed by atoms with E-state index >= 15 is 0 Å². The van der Waals surface area contributed by atoms with E-state index in [0.717, 1.165) is 0 Å². The molecule has 0 aromatic rings. The largest absolute Gasteiger partial charge is 0.459 e. The summed E-state index contributed by atoms with van der Waals surface area (Å²) in [6.07, 6.45) is 0. The number of hydrogen-bond donors (Lipinski definition) is 0. The maximum atomic E-state index is 4.50. The van der Waals surface area contributed by atoms with Crippen LogP contribution < -0.4 is 0 Å². The van der Waals surface area contributed by atoms with Gasteiger partial charge in [0.2, 0.25) is 10.3 Å². The fourth-order valence-corrected chi connectivity index (χ4v) is 0.498. The van der Waals surface area contributed by atoms with Crippen LogP contribution >= 0.6 is 24.0 Å². The third-order valence-corrected chi connectivity index (χ3v) is 1.15. The van der Waals surface area contributed by atoms with Crippen LogP contribution in [-0.2, 0) is 4.74 Å². The fraction of sp³-hybridized carbons (Fsp3) is 0. The third-order valence-electron chi connectivity index (χ3n) is 0.289. The molecule has 0 saturated carbocycles. The lowest BCUT2D eigenvalue weighted by Crippen LogP contribution is -2.01. The minimum atomic E-state index is 0.630. The van der Waals surface area contributed by atoms with E-state index in [9.17, 15) is 0 Å². The van der Waals surface area contributed by atoms with Crippen LogP contribution in [0.4, 0.5) is 0 Å². The lowest BCUT2D eigenvalue weighted by molar-refractivity contribution is 0.453. The van der Waals surface area contributed by atoms with E-state index < -0.39 is 0 Å². The highest BCUT2D eigenvalue weighted by Gasteiger charge is 2.08. The minimum Gasteiger partial charge on any atom is -0.459 e. The van der Waals surface area contributed by atoms with E-state index in [1.54, 1.807) is 5.94 Å². The molecule has 1 radical (unpaired) electrons. The number of thiocarbonyl (C=S) groups is 1. The van der Waals surface area contributed by atoms with E-state index in [1.165, 1.54) is 11.8 Å². The monoisotopic (exact) mass is 105 g/mol. The van der Waals surface area contributed by atoms with Gasteiger partial charge in [-0.25, -0.2) is 0 Å². The topological polar surface area (TPSA) is 9.23 Å². The molecular formula is C2HOS2. The van der Waals surface area contributed by atoms with Crippen LogP contribution in [0.25, 0.3) is 0 Å². The van der Waals surface area contributed by atoms with Gasteiger partial charge in [0.15, 0.2) is 0 Å². The molecule has 3 heteroatoms. The highest BCUT2D eigenvalue weighted by Crippen LogP contribution is 2.22. The van der Waals surface area contributed by atoms with Crippen molar-refractivity contribution in [3.63, 3.8) is 0 Å². The molecule has 0 amide bonds. The molecule has 1 saturated heterocycles. The summed E-state index contributed by atoms with van der Waals surface area (Å²) in [5.41, 5.74) is 0. The van der Waals surface area contributed by atoms with Gasteiger partial charge in [0, 0.05) is 0 Å². The SMILES string of the molecule is S=C1O[CH]S1. The Kier molecular flexibility index (Phi) is 0.784. The van der Waals surface area contributed by atoms with Crippen LogP contribution in [0.2, 0.25) is 0 Å². The number of ether oxygens (including phenoxy) is 1. The van der Waals surface area contributed by atoms with E-state index in [1.807, 2.05) is 0 Å². The summed E-state index contributed by atoms with van der Waals surface area (Å²) < 4.78 is 5.13. The van der Waals surface area contributed by atoms with Crippen molar-refractivity contribution in [1.82, 2.24) is 0 Å². The van der Waals surface area contributed by atoms with Gasteiger partial charge in [-0.3, -0.25) is 0 Å². The van der Waals surface area contributed by atoms with Gasteiger partial charge in [0.1, 0.15) is 0 Å². The minimum absolute atomic E-state index is 0.630. The molecule has 0 bridgehead atoms. The quantitative estimate of drug-likeness (QED) is 0.428. The number of hydrogen-bond acceptors (Lipinski definition) is 3. The Balaban J connectivity index is 2.32. The van der Waals surface area contributed by atoms with Crippen LogP contribution in [0.3, 0.4) is 0 Å². The zero-order chi connectivity index (χ0) is 3.70. The predicted octanol–water partition coefficient (Wildman–Crippen LogP) is 1.15. The molecule has 1 aliphatic rings. The molecule has 0 aromatic heterocycles. The first kappa shape index (κ1) is 3.43. The van der Waals surface area contributed by atoms with Crippen molar-refractivity contribution in [3.8, 4) is 0 Å². The second-order valence-corrected chi connectivity index (χ2v) is 2.01. The molecule has 0 spiro atoms. The van der Waals surface area contributed by atoms with Gasteiger partial charge in [-0.1, -0.05) is 0 Å². The Hall–Kier alpha value is 0.240. The normalized spacial score (nSPS) is 20.4. The standard InChI is InChI=1S/C2HOS2/c4-2-3-1-5-2/h1H. The Labute approximate surface area is 39.7 Å². The first-order valence-corrected chi connectivity index (χ1v) is 2.37. The van der Waals surface area contributed by atoms with Crippen LogP contribution in [0.15, 0.2) is 0 Å². The zero-order valence-corrected chi connectivity index (χ0v) is 3.94. The summed E-state index contributed by atoms with van der Waals surface area (Å²) in [5, 5.41) is 0. The van der Waals surface area contributed by atoms with Crippen LogP contribution in [0.5, 0.6) is 0 Å². The highest BCUT2D eigenvalue weighted by atomic mass is 32.2. The molecule has 1 aliphatic heterocycles. The Morgan fingerprint density at radius 1 is 2.00 bits per heavy atom. The highest BCUT2D eigenvalue weighted by molar-refractivity contribution is 8.25. The molecule has 0 N–H and O–H groups in total. The van der Waals surface area contributed by atoms with E-state index in [2.05, 4.69) is 17.0 Å². The van der Waals surface area contributed by atoms with Crippen molar-refractivity contribution in [2.75, 3.05) is 0 Å². The van der Waals surface area contributed by atoms with Crippen molar-refractivity contribution < 1.29 is 4.74 Å². The lowest BCUT2D eigenvalue weighted by Gasteiger charge is -2.10. The molecule has 0 atom stereocenters. The van der Waals surface area contributed by atoms with E-state index in [-0.39, 0.29) is 0 Å². The summed E-state index contributed by atoms with van der Waals surface area (Å²) in [6, 6.07) is 0. The molecule has 0 unspecified atom stereocenters. The molecule has 0 aliphatic carbocycles. The Bertz CT molecular complexity index is 54.7.